The van der Waals surface area contributed by atoms with Crippen LogP contribution in [0, 0.1) is 5.82 Å². The fourth-order valence-electron chi connectivity index (χ4n) is 3.62. The lowest BCUT2D eigenvalue weighted by Gasteiger charge is -2.41. The summed E-state index contributed by atoms with van der Waals surface area (Å²) in [6.45, 7) is 3.64. The average Bonchev–Trinajstić information content (AvgIpc) is 2.67. The Morgan fingerprint density at radius 1 is 1.11 bits per heavy atom. The number of ether oxygens (including phenoxy) is 1. The van der Waals surface area contributed by atoms with Crippen LogP contribution in [-0.2, 0) is 13.1 Å². The summed E-state index contributed by atoms with van der Waals surface area (Å²) in [5.41, 5.74) is 1.53. The zero-order chi connectivity index (χ0) is 19.2. The average molecular weight is 374 g/mol. The lowest BCUT2D eigenvalue weighted by atomic mass is 10.1. The van der Waals surface area contributed by atoms with Crippen LogP contribution in [0.4, 0.5) is 4.39 Å². The van der Waals surface area contributed by atoms with E-state index in [1.54, 1.807) is 18.2 Å². The Bertz CT molecular complexity index is 756. The summed E-state index contributed by atoms with van der Waals surface area (Å²) >= 11 is 0. The molecule has 0 radical (unpaired) electrons. The smallest absolute Gasteiger partial charge is 0.131 e. The number of rotatable bonds is 7. The third-order valence-electron chi connectivity index (χ3n) is 5.17. The number of aliphatic hydroxyl groups is 1. The van der Waals surface area contributed by atoms with Crippen LogP contribution in [0.3, 0.4) is 0 Å². The molecule has 1 atom stereocenters. The number of piperazine rings is 1. The van der Waals surface area contributed by atoms with Crippen molar-refractivity contribution in [3.63, 3.8) is 0 Å². The van der Waals surface area contributed by atoms with Gasteiger partial charge in [0, 0.05) is 62.6 Å². The molecule has 0 bridgehead atoms. The maximum Gasteiger partial charge on any atom is 0.131 e. The van der Waals surface area contributed by atoms with E-state index in [1.807, 2.05) is 18.2 Å². The number of nitrogens with zero attached hydrogens (tertiary/aromatic N) is 2. The zero-order valence-corrected chi connectivity index (χ0v) is 15.6. The third-order valence-corrected chi connectivity index (χ3v) is 5.17. The topological polar surface area (TPSA) is 56.2 Å². The molecule has 2 aromatic carbocycles. The summed E-state index contributed by atoms with van der Waals surface area (Å²) < 4.78 is 19.4. The van der Waals surface area contributed by atoms with Gasteiger partial charge < -0.3 is 14.9 Å². The molecule has 1 heterocycles. The molecule has 146 valence electrons. The second kappa shape index (κ2) is 9.17. The van der Waals surface area contributed by atoms with Crippen molar-refractivity contribution < 1.29 is 19.3 Å². The van der Waals surface area contributed by atoms with Crippen LogP contribution < -0.4 is 4.74 Å². The van der Waals surface area contributed by atoms with Crippen molar-refractivity contribution in [1.82, 2.24) is 9.80 Å². The van der Waals surface area contributed by atoms with Gasteiger partial charge in [-0.25, -0.2) is 4.39 Å². The second-order valence-corrected chi connectivity index (χ2v) is 6.96. The Labute approximate surface area is 159 Å². The summed E-state index contributed by atoms with van der Waals surface area (Å²) in [6.07, 6.45) is 0.634. The fraction of sp³-hybridized carbons (Fsp3) is 0.429. The highest BCUT2D eigenvalue weighted by atomic mass is 19.1. The summed E-state index contributed by atoms with van der Waals surface area (Å²) in [6, 6.07) is 12.4. The molecule has 27 heavy (non-hydrogen) atoms. The molecule has 1 fully saturated rings. The van der Waals surface area contributed by atoms with Gasteiger partial charge in [-0.05, 0) is 18.6 Å². The summed E-state index contributed by atoms with van der Waals surface area (Å²) in [7, 11) is 1.52. The van der Waals surface area contributed by atoms with Gasteiger partial charge in [0.2, 0.25) is 0 Å². The van der Waals surface area contributed by atoms with Gasteiger partial charge in [0.05, 0.1) is 7.11 Å². The van der Waals surface area contributed by atoms with E-state index in [1.165, 1.54) is 13.2 Å². The first-order valence-electron chi connectivity index (χ1n) is 9.27. The minimum absolute atomic E-state index is 0.0939. The lowest BCUT2D eigenvalue weighted by molar-refractivity contribution is 0.0489. The number of aliphatic hydroxyl groups excluding tert-OH is 1. The predicted molar refractivity (Wildman–Crippen MR) is 102 cm³/mol. The van der Waals surface area contributed by atoms with Crippen molar-refractivity contribution >= 4 is 0 Å². The Morgan fingerprint density at radius 2 is 1.93 bits per heavy atom. The maximum atomic E-state index is 14.3. The Balaban J connectivity index is 1.66. The van der Waals surface area contributed by atoms with Gasteiger partial charge in [-0.15, -0.1) is 0 Å². The predicted octanol–water partition coefficient (Wildman–Crippen LogP) is 2.61. The van der Waals surface area contributed by atoms with E-state index < -0.39 is 0 Å². The first-order chi connectivity index (χ1) is 13.1. The molecule has 6 heteroatoms. The zero-order valence-electron chi connectivity index (χ0n) is 15.6. The quantitative estimate of drug-likeness (QED) is 0.780. The molecule has 1 saturated heterocycles. The monoisotopic (exact) mass is 374 g/mol. The molecule has 2 aromatic rings. The standard InChI is InChI=1S/C21H27FN2O3/c1-27-19-7-6-16(20(22)12-19)14-24-10-9-23(15-18(24)8-11-25)13-17-4-2-3-5-21(17)26/h2-7,12,18,25-26H,8-11,13-15H2,1H3. The van der Waals surface area contributed by atoms with E-state index >= 15 is 0 Å². The van der Waals surface area contributed by atoms with E-state index in [0.29, 0.717) is 36.6 Å². The molecule has 1 aliphatic rings. The first kappa shape index (κ1) is 19.6. The van der Waals surface area contributed by atoms with Gasteiger partial charge in [0.25, 0.3) is 0 Å². The summed E-state index contributed by atoms with van der Waals surface area (Å²) in [4.78, 5) is 4.50. The second-order valence-electron chi connectivity index (χ2n) is 6.96. The van der Waals surface area contributed by atoms with Crippen molar-refractivity contribution in [2.24, 2.45) is 0 Å². The molecule has 3 rings (SSSR count). The number of benzene rings is 2. The molecule has 0 saturated carbocycles. The van der Waals surface area contributed by atoms with Crippen molar-refractivity contribution in [2.45, 2.75) is 25.6 Å². The number of hydrogen-bond donors (Lipinski definition) is 2. The molecule has 0 aliphatic carbocycles. The van der Waals surface area contributed by atoms with Gasteiger partial charge in [-0.1, -0.05) is 24.3 Å². The minimum atomic E-state index is -0.270. The van der Waals surface area contributed by atoms with E-state index in [-0.39, 0.29) is 18.5 Å². The molecule has 2 N–H and O–H groups in total. The van der Waals surface area contributed by atoms with Gasteiger partial charge >= 0.3 is 0 Å². The van der Waals surface area contributed by atoms with Gasteiger partial charge in [-0.2, -0.15) is 0 Å². The molecule has 0 amide bonds. The molecular formula is C21H27FN2O3. The van der Waals surface area contributed by atoms with Crippen LogP contribution in [0.5, 0.6) is 11.5 Å². The van der Waals surface area contributed by atoms with Crippen LogP contribution in [0.1, 0.15) is 17.5 Å². The van der Waals surface area contributed by atoms with Crippen LogP contribution in [0.15, 0.2) is 42.5 Å². The number of halogens is 1. The van der Waals surface area contributed by atoms with Gasteiger partial charge in [-0.3, -0.25) is 9.80 Å². The fourth-order valence-corrected chi connectivity index (χ4v) is 3.62. The summed E-state index contributed by atoms with van der Waals surface area (Å²) in [5, 5.41) is 19.5. The molecule has 0 aromatic heterocycles. The first-order valence-corrected chi connectivity index (χ1v) is 9.27. The lowest BCUT2D eigenvalue weighted by Crippen LogP contribution is -2.52. The number of methoxy groups -OCH3 is 1. The molecule has 0 spiro atoms. The molecule has 1 unspecified atom stereocenters. The van der Waals surface area contributed by atoms with E-state index in [4.69, 9.17) is 4.74 Å². The van der Waals surface area contributed by atoms with Crippen LogP contribution in [-0.4, -0.2) is 59.4 Å². The highest BCUT2D eigenvalue weighted by Gasteiger charge is 2.27. The minimum Gasteiger partial charge on any atom is -0.508 e. The Morgan fingerprint density at radius 3 is 2.63 bits per heavy atom. The summed E-state index contributed by atoms with van der Waals surface area (Å²) in [5.74, 6) is 0.545. The molecule has 1 aliphatic heterocycles. The van der Waals surface area contributed by atoms with Crippen LogP contribution in [0.25, 0.3) is 0 Å². The maximum absolute atomic E-state index is 14.3. The van der Waals surface area contributed by atoms with Gasteiger partial charge in [0.1, 0.15) is 17.3 Å². The third kappa shape index (κ3) is 4.97. The van der Waals surface area contributed by atoms with Crippen LogP contribution >= 0.6 is 0 Å². The van der Waals surface area contributed by atoms with Crippen molar-refractivity contribution in [3.05, 3.63) is 59.4 Å². The SMILES string of the molecule is COc1ccc(CN2CCN(Cc3ccccc3O)CC2CCO)c(F)c1. The van der Waals surface area contributed by atoms with Crippen molar-refractivity contribution in [1.29, 1.82) is 0 Å². The normalized spacial score (nSPS) is 18.6. The largest absolute Gasteiger partial charge is 0.508 e. The highest BCUT2D eigenvalue weighted by Crippen LogP contribution is 2.24. The number of phenols is 1. The van der Waals surface area contributed by atoms with Crippen LogP contribution in [0.2, 0.25) is 0 Å². The Hall–Kier alpha value is -2.15. The number of aromatic hydroxyl groups is 1. The molecule has 5 nitrogen and oxygen atoms in total. The Kier molecular flexibility index (Phi) is 6.66. The number of phenolic OH excluding ortho intramolecular Hbond substituents is 1. The van der Waals surface area contributed by atoms with Gasteiger partial charge in [0.15, 0.2) is 0 Å². The number of para-hydroxylation sites is 1. The highest BCUT2D eigenvalue weighted by molar-refractivity contribution is 5.32. The van der Waals surface area contributed by atoms with Crippen molar-refractivity contribution in [3.8, 4) is 11.5 Å². The molecular weight excluding hydrogens is 347 g/mol. The van der Waals surface area contributed by atoms with E-state index in [0.717, 1.165) is 25.2 Å². The van der Waals surface area contributed by atoms with E-state index in [2.05, 4.69) is 9.80 Å². The van der Waals surface area contributed by atoms with Crippen molar-refractivity contribution in [2.75, 3.05) is 33.4 Å². The number of hydrogen-bond acceptors (Lipinski definition) is 5. The van der Waals surface area contributed by atoms with E-state index in [9.17, 15) is 14.6 Å².